The zero-order valence-corrected chi connectivity index (χ0v) is 12.8. The molecule has 0 unspecified atom stereocenters. The van der Waals surface area contributed by atoms with E-state index in [1.54, 1.807) is 13.0 Å². The van der Waals surface area contributed by atoms with Crippen LogP contribution in [0.15, 0.2) is 15.4 Å². The average molecular weight is 298 g/mol. The fraction of sp³-hybridized carbons (Fsp3) is 0.714. The molecule has 5 nitrogen and oxygen atoms in total. The van der Waals surface area contributed by atoms with Crippen LogP contribution < -0.4 is 10.0 Å². The molecule has 6 heteroatoms. The van der Waals surface area contributed by atoms with Gasteiger partial charge in [0.15, 0.2) is 0 Å². The molecule has 0 radical (unpaired) electrons. The summed E-state index contributed by atoms with van der Waals surface area (Å²) in [6.45, 7) is 4.26. The fourth-order valence-electron chi connectivity index (χ4n) is 2.60. The number of nitrogens with one attached hydrogen (secondary N) is 2. The third kappa shape index (κ3) is 2.92. The van der Waals surface area contributed by atoms with Crippen molar-refractivity contribution in [2.24, 2.45) is 0 Å². The van der Waals surface area contributed by atoms with Gasteiger partial charge in [0.05, 0.1) is 6.54 Å². The number of sulfonamides is 1. The first-order valence-corrected chi connectivity index (χ1v) is 8.73. The predicted octanol–water partition coefficient (Wildman–Crippen LogP) is 2.06. The maximum atomic E-state index is 12.4. The lowest BCUT2D eigenvalue weighted by Crippen LogP contribution is -2.50. The molecular formula is C14H22N2O3S. The minimum absolute atomic E-state index is 0.276. The third-order valence-electron chi connectivity index (χ3n) is 4.19. The van der Waals surface area contributed by atoms with Crippen LogP contribution in [-0.2, 0) is 16.6 Å². The molecule has 0 saturated heterocycles. The first-order valence-electron chi connectivity index (χ1n) is 7.25. The van der Waals surface area contributed by atoms with Gasteiger partial charge in [-0.05, 0) is 46.0 Å². The smallest absolute Gasteiger partial charge is 0.244 e. The van der Waals surface area contributed by atoms with E-state index in [2.05, 4.69) is 10.0 Å². The Labute approximate surface area is 120 Å². The summed E-state index contributed by atoms with van der Waals surface area (Å²) in [5.41, 5.74) is -0.283. The molecule has 1 heterocycles. The normalized spacial score (nSPS) is 21.7. The summed E-state index contributed by atoms with van der Waals surface area (Å²) in [5.74, 6) is 1.15. The molecule has 3 rings (SSSR count). The summed E-state index contributed by atoms with van der Waals surface area (Å²) in [7, 11) is -3.48. The molecule has 0 atom stereocenters. The Hall–Kier alpha value is -0.850. The van der Waals surface area contributed by atoms with E-state index in [1.165, 1.54) is 12.8 Å². The van der Waals surface area contributed by atoms with Gasteiger partial charge in [0.2, 0.25) is 10.0 Å². The Kier molecular flexibility index (Phi) is 3.43. The monoisotopic (exact) mass is 298 g/mol. The van der Waals surface area contributed by atoms with Crippen molar-refractivity contribution in [3.8, 4) is 0 Å². The van der Waals surface area contributed by atoms with E-state index < -0.39 is 10.0 Å². The SMILES string of the molecule is Cc1oc(CNC2CC2)cc1S(=O)(=O)NC1(C)CCC1. The first kappa shape index (κ1) is 14.1. The van der Waals surface area contributed by atoms with E-state index in [0.29, 0.717) is 24.1 Å². The van der Waals surface area contributed by atoms with Crippen molar-refractivity contribution in [3.63, 3.8) is 0 Å². The van der Waals surface area contributed by atoms with Gasteiger partial charge >= 0.3 is 0 Å². The lowest BCUT2D eigenvalue weighted by Gasteiger charge is -2.38. The molecule has 1 aromatic heterocycles. The van der Waals surface area contributed by atoms with E-state index in [9.17, 15) is 8.42 Å². The summed E-state index contributed by atoms with van der Waals surface area (Å²) in [6, 6.07) is 2.22. The molecule has 2 N–H and O–H groups in total. The molecule has 0 bridgehead atoms. The fourth-order valence-corrected chi connectivity index (χ4v) is 4.27. The second-order valence-corrected chi connectivity index (χ2v) is 7.96. The lowest BCUT2D eigenvalue weighted by atomic mass is 9.80. The summed E-state index contributed by atoms with van der Waals surface area (Å²) >= 11 is 0. The quantitative estimate of drug-likeness (QED) is 0.843. The third-order valence-corrected chi connectivity index (χ3v) is 5.94. The highest BCUT2D eigenvalue weighted by molar-refractivity contribution is 7.89. The van der Waals surface area contributed by atoms with E-state index in [0.717, 1.165) is 19.3 Å². The Morgan fingerprint density at radius 3 is 2.65 bits per heavy atom. The highest BCUT2D eigenvalue weighted by Crippen LogP contribution is 2.33. The van der Waals surface area contributed by atoms with E-state index in [1.807, 2.05) is 6.92 Å². The molecule has 0 aromatic carbocycles. The average Bonchev–Trinajstić information content (AvgIpc) is 3.07. The van der Waals surface area contributed by atoms with Crippen LogP contribution in [0.25, 0.3) is 0 Å². The van der Waals surface area contributed by atoms with Crippen molar-refractivity contribution in [2.45, 2.75) is 69.0 Å². The summed E-state index contributed by atoms with van der Waals surface area (Å²) in [5, 5.41) is 3.33. The predicted molar refractivity (Wildman–Crippen MR) is 75.9 cm³/mol. The zero-order valence-electron chi connectivity index (χ0n) is 12.0. The minimum Gasteiger partial charge on any atom is -0.464 e. The topological polar surface area (TPSA) is 71.3 Å². The van der Waals surface area contributed by atoms with Crippen LogP contribution >= 0.6 is 0 Å². The van der Waals surface area contributed by atoms with Gasteiger partial charge in [0.25, 0.3) is 0 Å². The van der Waals surface area contributed by atoms with Gasteiger partial charge in [0.1, 0.15) is 16.4 Å². The van der Waals surface area contributed by atoms with Crippen LogP contribution in [0.1, 0.15) is 50.5 Å². The van der Waals surface area contributed by atoms with Gasteiger partial charge in [0, 0.05) is 17.6 Å². The van der Waals surface area contributed by atoms with Crippen molar-refractivity contribution in [1.29, 1.82) is 0 Å². The standard InChI is InChI=1S/C14H22N2O3S/c1-10-13(8-12(19-10)9-15-11-4-5-11)20(17,18)16-14(2)6-3-7-14/h8,11,15-16H,3-7,9H2,1-2H3. The largest absolute Gasteiger partial charge is 0.464 e. The molecule has 2 aliphatic carbocycles. The number of furan rings is 1. The highest BCUT2D eigenvalue weighted by atomic mass is 32.2. The molecule has 1 aromatic rings. The Bertz CT molecular complexity index is 598. The van der Waals surface area contributed by atoms with Gasteiger partial charge in [-0.15, -0.1) is 0 Å². The second kappa shape index (κ2) is 4.86. The van der Waals surface area contributed by atoms with Crippen molar-refractivity contribution in [3.05, 3.63) is 17.6 Å². The summed E-state index contributed by atoms with van der Waals surface area (Å²) < 4.78 is 33.2. The van der Waals surface area contributed by atoms with E-state index in [-0.39, 0.29) is 10.4 Å². The van der Waals surface area contributed by atoms with Crippen molar-refractivity contribution in [2.75, 3.05) is 0 Å². The molecule has 2 fully saturated rings. The van der Waals surface area contributed by atoms with Crippen LogP contribution in [0.3, 0.4) is 0 Å². The van der Waals surface area contributed by atoms with Crippen LogP contribution in [-0.4, -0.2) is 20.0 Å². The second-order valence-electron chi connectivity index (χ2n) is 6.31. The van der Waals surface area contributed by atoms with Crippen LogP contribution in [0.2, 0.25) is 0 Å². The molecule has 2 aliphatic rings. The maximum absolute atomic E-state index is 12.4. The van der Waals surface area contributed by atoms with Crippen LogP contribution in [0, 0.1) is 6.92 Å². The van der Waals surface area contributed by atoms with Gasteiger partial charge in [-0.1, -0.05) is 0 Å². The van der Waals surface area contributed by atoms with Gasteiger partial charge in [-0.25, -0.2) is 13.1 Å². The molecule has 0 aliphatic heterocycles. The molecular weight excluding hydrogens is 276 g/mol. The Morgan fingerprint density at radius 2 is 2.10 bits per heavy atom. The Morgan fingerprint density at radius 1 is 1.40 bits per heavy atom. The number of rotatable bonds is 6. The molecule has 0 spiro atoms. The zero-order chi connectivity index (χ0) is 14.4. The number of hydrogen-bond donors (Lipinski definition) is 2. The highest BCUT2D eigenvalue weighted by Gasteiger charge is 2.37. The van der Waals surface area contributed by atoms with E-state index >= 15 is 0 Å². The minimum atomic E-state index is -3.48. The van der Waals surface area contributed by atoms with Crippen LogP contribution in [0.4, 0.5) is 0 Å². The van der Waals surface area contributed by atoms with E-state index in [4.69, 9.17) is 4.42 Å². The van der Waals surface area contributed by atoms with Gasteiger partial charge in [-0.3, -0.25) is 0 Å². The van der Waals surface area contributed by atoms with Gasteiger partial charge in [-0.2, -0.15) is 0 Å². The summed E-state index contributed by atoms with van der Waals surface area (Å²) in [6.07, 6.45) is 5.29. The lowest BCUT2D eigenvalue weighted by molar-refractivity contribution is 0.248. The van der Waals surface area contributed by atoms with Crippen LogP contribution in [0.5, 0.6) is 0 Å². The number of aryl methyl sites for hydroxylation is 1. The molecule has 20 heavy (non-hydrogen) atoms. The van der Waals surface area contributed by atoms with Crippen molar-refractivity contribution in [1.82, 2.24) is 10.0 Å². The first-order chi connectivity index (χ1) is 9.38. The molecule has 112 valence electrons. The molecule has 0 amide bonds. The van der Waals surface area contributed by atoms with Gasteiger partial charge < -0.3 is 9.73 Å². The number of hydrogen-bond acceptors (Lipinski definition) is 4. The van der Waals surface area contributed by atoms with Crippen molar-refractivity contribution < 1.29 is 12.8 Å². The summed E-state index contributed by atoms with van der Waals surface area (Å²) in [4.78, 5) is 0.276. The van der Waals surface area contributed by atoms with Crippen molar-refractivity contribution >= 4 is 10.0 Å². The molecule has 2 saturated carbocycles. The maximum Gasteiger partial charge on any atom is 0.244 e. The Balaban J connectivity index is 1.74.